The van der Waals surface area contributed by atoms with Gasteiger partial charge in [0.15, 0.2) is 0 Å². The molecule has 0 spiro atoms. The molecule has 1 aliphatic heterocycles. The number of anilines is 2. The largest absolute Gasteiger partial charge is 0.279 e. The van der Waals surface area contributed by atoms with E-state index in [-0.39, 0.29) is 18.3 Å². The highest BCUT2D eigenvalue weighted by molar-refractivity contribution is 6.02. The quantitative estimate of drug-likeness (QED) is 0.523. The Hall–Kier alpha value is -3.87. The fourth-order valence-electron chi connectivity index (χ4n) is 3.76. The highest BCUT2D eigenvalue weighted by atomic mass is 19.1. The lowest BCUT2D eigenvalue weighted by Gasteiger charge is -2.24. The van der Waals surface area contributed by atoms with Gasteiger partial charge in [-0.2, -0.15) is 4.80 Å². The molecule has 0 aliphatic carbocycles. The second-order valence-corrected chi connectivity index (χ2v) is 7.14. The van der Waals surface area contributed by atoms with Crippen LogP contribution in [0.1, 0.15) is 11.1 Å². The van der Waals surface area contributed by atoms with E-state index in [4.69, 9.17) is 0 Å². The number of rotatable bonds is 3. The molecule has 2 heterocycles. The van der Waals surface area contributed by atoms with E-state index in [1.165, 1.54) is 16.9 Å². The van der Waals surface area contributed by atoms with Crippen molar-refractivity contribution < 1.29 is 9.18 Å². The van der Waals surface area contributed by atoms with Gasteiger partial charge in [-0.05, 0) is 65.6 Å². The van der Waals surface area contributed by atoms with Gasteiger partial charge in [0, 0.05) is 5.56 Å². The minimum Gasteiger partial charge on any atom is -0.279 e. The van der Waals surface area contributed by atoms with E-state index in [9.17, 15) is 9.18 Å². The fourth-order valence-corrected chi connectivity index (χ4v) is 3.76. The molecule has 148 valence electrons. The summed E-state index contributed by atoms with van der Waals surface area (Å²) in [6.07, 6.45) is 1.74. The first kappa shape index (κ1) is 18.2. The molecular formula is C23H18FN5O. The predicted molar refractivity (Wildman–Crippen MR) is 111 cm³/mol. The molecule has 3 aromatic carbocycles. The molecule has 0 saturated heterocycles. The van der Waals surface area contributed by atoms with Crippen molar-refractivity contribution in [2.24, 2.45) is 0 Å². The summed E-state index contributed by atoms with van der Waals surface area (Å²) in [7, 11) is 0. The SMILES string of the molecule is O=C(Cn1nnc(-c2ccc(F)cc2)n1)N1c2ccccc2CCc2ccccc21. The summed E-state index contributed by atoms with van der Waals surface area (Å²) >= 11 is 0. The summed E-state index contributed by atoms with van der Waals surface area (Å²) in [5, 5.41) is 12.3. The van der Waals surface area contributed by atoms with E-state index >= 15 is 0 Å². The molecule has 0 fully saturated rings. The van der Waals surface area contributed by atoms with E-state index < -0.39 is 0 Å². The monoisotopic (exact) mass is 399 g/mol. The van der Waals surface area contributed by atoms with Crippen molar-refractivity contribution >= 4 is 17.3 Å². The van der Waals surface area contributed by atoms with E-state index in [1.807, 2.05) is 36.4 Å². The molecule has 30 heavy (non-hydrogen) atoms. The number of carbonyl (C=O) groups is 1. The van der Waals surface area contributed by atoms with Gasteiger partial charge in [0.1, 0.15) is 12.4 Å². The maximum atomic E-state index is 13.4. The molecule has 1 amide bonds. The van der Waals surface area contributed by atoms with Gasteiger partial charge in [0.25, 0.3) is 5.91 Å². The average molecular weight is 399 g/mol. The van der Waals surface area contributed by atoms with Crippen LogP contribution in [0.5, 0.6) is 0 Å². The topological polar surface area (TPSA) is 63.9 Å². The Kier molecular flexibility index (Phi) is 4.55. The summed E-state index contributed by atoms with van der Waals surface area (Å²) in [6.45, 7) is -0.0587. The maximum Gasteiger partial charge on any atom is 0.255 e. The maximum absolute atomic E-state index is 13.4. The van der Waals surface area contributed by atoms with Crippen LogP contribution in [0.25, 0.3) is 11.4 Å². The summed E-state index contributed by atoms with van der Waals surface area (Å²) in [4.78, 5) is 16.4. The molecule has 0 saturated carbocycles. The number of hydrogen-bond donors (Lipinski definition) is 0. The number of fused-ring (bicyclic) bond motifs is 2. The average Bonchev–Trinajstić information content (AvgIpc) is 3.15. The van der Waals surface area contributed by atoms with Crippen LogP contribution < -0.4 is 4.90 Å². The van der Waals surface area contributed by atoms with Gasteiger partial charge < -0.3 is 0 Å². The number of nitrogens with zero attached hydrogens (tertiary/aromatic N) is 5. The van der Waals surface area contributed by atoms with Gasteiger partial charge >= 0.3 is 0 Å². The zero-order valence-corrected chi connectivity index (χ0v) is 16.1. The zero-order chi connectivity index (χ0) is 20.5. The molecule has 0 atom stereocenters. The molecule has 0 N–H and O–H groups in total. The third kappa shape index (κ3) is 3.34. The van der Waals surface area contributed by atoms with Gasteiger partial charge in [0.05, 0.1) is 11.4 Å². The summed E-state index contributed by atoms with van der Waals surface area (Å²) in [5.74, 6) is -0.140. The molecular weight excluding hydrogens is 381 g/mol. The van der Waals surface area contributed by atoms with Gasteiger partial charge in [0.2, 0.25) is 5.82 Å². The van der Waals surface area contributed by atoms with Crippen LogP contribution in [-0.2, 0) is 24.2 Å². The molecule has 6 nitrogen and oxygen atoms in total. The van der Waals surface area contributed by atoms with Crippen LogP contribution in [0.2, 0.25) is 0 Å². The van der Waals surface area contributed by atoms with Crippen LogP contribution in [0.4, 0.5) is 15.8 Å². The van der Waals surface area contributed by atoms with E-state index in [0.29, 0.717) is 11.4 Å². The summed E-state index contributed by atoms with van der Waals surface area (Å²) in [6, 6.07) is 21.8. The van der Waals surface area contributed by atoms with Gasteiger partial charge in [-0.15, -0.1) is 10.2 Å². The van der Waals surface area contributed by atoms with E-state index in [0.717, 1.165) is 35.3 Å². The van der Waals surface area contributed by atoms with Crippen molar-refractivity contribution in [3.05, 3.63) is 89.7 Å². The Morgan fingerprint density at radius 2 is 1.47 bits per heavy atom. The van der Waals surface area contributed by atoms with Crippen molar-refractivity contribution in [2.75, 3.05) is 4.90 Å². The van der Waals surface area contributed by atoms with Gasteiger partial charge in [-0.3, -0.25) is 9.69 Å². The Balaban J connectivity index is 1.47. The van der Waals surface area contributed by atoms with Crippen molar-refractivity contribution in [1.29, 1.82) is 0 Å². The first-order valence-electron chi connectivity index (χ1n) is 9.71. The number of carbonyl (C=O) groups excluding carboxylic acids is 1. The lowest BCUT2D eigenvalue weighted by molar-refractivity contribution is -0.118. The fraction of sp³-hybridized carbons (Fsp3) is 0.130. The Labute approximate surface area is 172 Å². The standard InChI is InChI=1S/C23H18FN5O/c24-19-13-11-18(12-14-19)23-25-27-28(26-23)15-22(30)29-20-7-3-1-5-16(20)9-10-17-6-2-4-8-21(17)29/h1-8,11-14H,9-10,15H2. The van der Waals surface area contributed by atoms with Crippen molar-refractivity contribution in [3.8, 4) is 11.4 Å². The second-order valence-electron chi connectivity index (χ2n) is 7.14. The molecule has 1 aromatic heterocycles. The van der Waals surface area contributed by atoms with Gasteiger partial charge in [-0.25, -0.2) is 4.39 Å². The van der Waals surface area contributed by atoms with Crippen LogP contribution in [0, 0.1) is 5.82 Å². The molecule has 7 heteroatoms. The molecule has 0 bridgehead atoms. The number of amides is 1. The Morgan fingerprint density at radius 1 is 0.867 bits per heavy atom. The number of hydrogen-bond acceptors (Lipinski definition) is 4. The highest BCUT2D eigenvalue weighted by Crippen LogP contribution is 2.36. The molecule has 0 unspecified atom stereocenters. The summed E-state index contributed by atoms with van der Waals surface area (Å²) < 4.78 is 13.1. The molecule has 4 aromatic rings. The lowest BCUT2D eigenvalue weighted by atomic mass is 10.0. The van der Waals surface area contributed by atoms with E-state index in [2.05, 4.69) is 27.5 Å². The first-order chi connectivity index (χ1) is 14.7. The highest BCUT2D eigenvalue weighted by Gasteiger charge is 2.26. The van der Waals surface area contributed by atoms with Crippen molar-refractivity contribution in [2.45, 2.75) is 19.4 Å². The Morgan fingerprint density at radius 3 is 2.10 bits per heavy atom. The van der Waals surface area contributed by atoms with Crippen LogP contribution >= 0.6 is 0 Å². The summed E-state index contributed by atoms with van der Waals surface area (Å²) in [5.41, 5.74) is 4.65. The van der Waals surface area contributed by atoms with Crippen LogP contribution in [-0.4, -0.2) is 26.1 Å². The molecule has 0 radical (unpaired) electrons. The number of tetrazole rings is 1. The number of para-hydroxylation sites is 2. The van der Waals surface area contributed by atoms with E-state index in [1.54, 1.807) is 17.0 Å². The number of aromatic nitrogens is 4. The van der Waals surface area contributed by atoms with Crippen LogP contribution in [0.15, 0.2) is 72.8 Å². The lowest BCUT2D eigenvalue weighted by Crippen LogP contribution is -2.31. The molecule has 5 rings (SSSR count). The Bertz CT molecular complexity index is 1170. The minimum atomic E-state index is -0.334. The normalized spacial score (nSPS) is 12.8. The minimum absolute atomic E-state index is 0.0587. The number of aryl methyl sites for hydroxylation is 2. The third-order valence-electron chi connectivity index (χ3n) is 5.21. The second kappa shape index (κ2) is 7.51. The predicted octanol–water partition coefficient (Wildman–Crippen LogP) is 3.94. The van der Waals surface area contributed by atoms with Gasteiger partial charge in [-0.1, -0.05) is 36.4 Å². The number of halogens is 1. The van der Waals surface area contributed by atoms with Crippen molar-refractivity contribution in [3.63, 3.8) is 0 Å². The number of benzene rings is 3. The smallest absolute Gasteiger partial charge is 0.255 e. The first-order valence-corrected chi connectivity index (χ1v) is 9.71. The molecule has 1 aliphatic rings. The zero-order valence-electron chi connectivity index (χ0n) is 16.1. The van der Waals surface area contributed by atoms with Crippen LogP contribution in [0.3, 0.4) is 0 Å². The third-order valence-corrected chi connectivity index (χ3v) is 5.21. The van der Waals surface area contributed by atoms with Crippen molar-refractivity contribution in [1.82, 2.24) is 20.2 Å².